The maximum absolute atomic E-state index is 12.8. The van der Waals surface area contributed by atoms with Crippen molar-refractivity contribution >= 4 is 10.0 Å². The molecule has 0 radical (unpaired) electrons. The van der Waals surface area contributed by atoms with Crippen LogP contribution in [-0.4, -0.2) is 24.3 Å². The van der Waals surface area contributed by atoms with E-state index in [-0.39, 0.29) is 29.3 Å². The Morgan fingerprint density at radius 3 is 2.24 bits per heavy atom. The molecule has 0 atom stereocenters. The van der Waals surface area contributed by atoms with Crippen molar-refractivity contribution in [1.29, 1.82) is 0 Å². The van der Waals surface area contributed by atoms with Crippen LogP contribution in [0.2, 0.25) is 0 Å². The van der Waals surface area contributed by atoms with Gasteiger partial charge in [-0.3, -0.25) is 9.48 Å². The van der Waals surface area contributed by atoms with Crippen molar-refractivity contribution in [3.63, 3.8) is 0 Å². The summed E-state index contributed by atoms with van der Waals surface area (Å²) in [7, 11) is -2.10. The molecule has 1 aromatic heterocycles. The second-order valence-electron chi connectivity index (χ2n) is 8.13. The number of nitrogens with zero attached hydrogens (tertiary/aromatic N) is 2. The third-order valence-corrected chi connectivity index (χ3v) is 7.00. The van der Waals surface area contributed by atoms with Crippen LogP contribution in [-0.2, 0) is 29.7 Å². The predicted molar refractivity (Wildman–Crippen MR) is 120 cm³/mol. The summed E-state index contributed by atoms with van der Waals surface area (Å²) >= 11 is 0. The molecule has 0 fully saturated rings. The minimum atomic E-state index is -4.45. The lowest BCUT2D eigenvalue weighted by Gasteiger charge is -2.11. The SMILES string of the molecule is Cc1c(C(C)C)c(=O)n(-c2ccc(S(=O)(=O)NCCc3cccc(C(F)(F)F)c3)cc2)n1C. The minimum absolute atomic E-state index is 0.00152. The van der Waals surface area contributed by atoms with Crippen molar-refractivity contribution < 1.29 is 21.6 Å². The van der Waals surface area contributed by atoms with E-state index in [1.807, 2.05) is 20.8 Å². The predicted octanol–water partition coefficient (Wildman–Crippen LogP) is 4.15. The van der Waals surface area contributed by atoms with E-state index in [9.17, 15) is 26.4 Å². The fourth-order valence-corrected chi connectivity index (χ4v) is 4.80. The topological polar surface area (TPSA) is 73.1 Å². The van der Waals surface area contributed by atoms with Crippen molar-refractivity contribution in [3.05, 3.63) is 81.3 Å². The fraction of sp³-hybridized carbons (Fsp3) is 0.348. The zero-order chi connectivity index (χ0) is 24.6. The summed E-state index contributed by atoms with van der Waals surface area (Å²) in [6.45, 7) is 5.68. The summed E-state index contributed by atoms with van der Waals surface area (Å²) in [6, 6.07) is 10.7. The largest absolute Gasteiger partial charge is 0.416 e. The molecule has 6 nitrogen and oxygen atoms in total. The van der Waals surface area contributed by atoms with E-state index in [4.69, 9.17) is 0 Å². The molecule has 0 saturated heterocycles. The summed E-state index contributed by atoms with van der Waals surface area (Å²) in [4.78, 5) is 12.8. The van der Waals surface area contributed by atoms with E-state index in [1.165, 1.54) is 28.9 Å². The maximum atomic E-state index is 12.8. The summed E-state index contributed by atoms with van der Waals surface area (Å²) < 4.78 is 69.4. The zero-order valence-corrected chi connectivity index (χ0v) is 19.6. The number of nitrogens with one attached hydrogen (secondary N) is 1. The maximum Gasteiger partial charge on any atom is 0.416 e. The molecule has 178 valence electrons. The van der Waals surface area contributed by atoms with E-state index in [2.05, 4.69) is 4.72 Å². The van der Waals surface area contributed by atoms with Gasteiger partial charge >= 0.3 is 6.18 Å². The van der Waals surface area contributed by atoms with Gasteiger partial charge in [-0.1, -0.05) is 32.0 Å². The molecule has 0 aliphatic rings. The summed E-state index contributed by atoms with van der Waals surface area (Å²) in [5.41, 5.74) is 1.51. The van der Waals surface area contributed by atoms with Gasteiger partial charge in [0.25, 0.3) is 5.56 Å². The first-order chi connectivity index (χ1) is 15.3. The van der Waals surface area contributed by atoms with Crippen molar-refractivity contribution in [1.82, 2.24) is 14.1 Å². The molecule has 2 aromatic carbocycles. The third-order valence-electron chi connectivity index (χ3n) is 5.53. The Morgan fingerprint density at radius 1 is 1.06 bits per heavy atom. The number of aromatic nitrogens is 2. The van der Waals surface area contributed by atoms with Crippen LogP contribution in [0.3, 0.4) is 0 Å². The summed E-state index contributed by atoms with van der Waals surface area (Å²) in [5, 5.41) is 0. The minimum Gasteiger partial charge on any atom is -0.285 e. The molecule has 1 N–H and O–H groups in total. The van der Waals surface area contributed by atoms with Gasteiger partial charge in [0.1, 0.15) is 0 Å². The molecule has 0 unspecified atom stereocenters. The molecule has 0 aliphatic heterocycles. The second kappa shape index (κ2) is 9.18. The van der Waals surface area contributed by atoms with Crippen LogP contribution in [0.25, 0.3) is 5.69 Å². The van der Waals surface area contributed by atoms with Gasteiger partial charge < -0.3 is 0 Å². The Morgan fingerprint density at radius 2 is 1.70 bits per heavy atom. The van der Waals surface area contributed by atoms with Crippen molar-refractivity contribution in [2.75, 3.05) is 6.54 Å². The van der Waals surface area contributed by atoms with Crippen LogP contribution in [0.1, 0.15) is 42.1 Å². The number of alkyl halides is 3. The molecule has 10 heteroatoms. The average Bonchev–Trinajstić information content (AvgIpc) is 2.96. The lowest BCUT2D eigenvalue weighted by molar-refractivity contribution is -0.137. The molecule has 0 spiro atoms. The van der Waals surface area contributed by atoms with Gasteiger partial charge in [-0.2, -0.15) is 13.2 Å². The first-order valence-electron chi connectivity index (χ1n) is 10.4. The summed E-state index contributed by atoms with van der Waals surface area (Å²) in [5.74, 6) is 0.0469. The first-order valence-corrected chi connectivity index (χ1v) is 11.9. The van der Waals surface area contributed by atoms with Crippen molar-refractivity contribution in [2.45, 2.75) is 44.2 Å². The van der Waals surface area contributed by atoms with Gasteiger partial charge in [-0.25, -0.2) is 17.8 Å². The van der Waals surface area contributed by atoms with E-state index >= 15 is 0 Å². The van der Waals surface area contributed by atoms with Crippen LogP contribution in [0.5, 0.6) is 0 Å². The smallest absolute Gasteiger partial charge is 0.285 e. The van der Waals surface area contributed by atoms with Gasteiger partial charge in [0, 0.05) is 24.8 Å². The quantitative estimate of drug-likeness (QED) is 0.551. The van der Waals surface area contributed by atoms with Crippen molar-refractivity contribution in [2.24, 2.45) is 7.05 Å². The van der Waals surface area contributed by atoms with Crippen LogP contribution < -0.4 is 10.3 Å². The van der Waals surface area contributed by atoms with Crippen LogP contribution in [0.15, 0.2) is 58.2 Å². The number of hydrogen-bond acceptors (Lipinski definition) is 3. The van der Waals surface area contributed by atoms with E-state index < -0.39 is 21.8 Å². The molecule has 1 heterocycles. The Balaban J connectivity index is 1.75. The Bertz CT molecular complexity index is 1310. The summed E-state index contributed by atoms with van der Waals surface area (Å²) in [6.07, 6.45) is -4.34. The number of rotatable bonds is 7. The number of hydrogen-bond donors (Lipinski definition) is 1. The molecule has 3 aromatic rings. The molecular formula is C23H26F3N3O3S. The molecule has 0 saturated carbocycles. The monoisotopic (exact) mass is 481 g/mol. The third kappa shape index (κ3) is 5.22. The van der Waals surface area contributed by atoms with Gasteiger partial charge in [0.15, 0.2) is 0 Å². The highest BCUT2D eigenvalue weighted by Gasteiger charge is 2.30. The van der Waals surface area contributed by atoms with E-state index in [1.54, 1.807) is 23.9 Å². The molecule has 0 amide bonds. The van der Waals surface area contributed by atoms with Crippen LogP contribution >= 0.6 is 0 Å². The van der Waals surface area contributed by atoms with Gasteiger partial charge in [0.05, 0.1) is 16.1 Å². The highest BCUT2D eigenvalue weighted by atomic mass is 32.2. The van der Waals surface area contributed by atoms with E-state index in [0.717, 1.165) is 17.8 Å². The van der Waals surface area contributed by atoms with Gasteiger partial charge in [-0.15, -0.1) is 0 Å². The molecule has 0 aliphatic carbocycles. The fourth-order valence-electron chi connectivity index (χ4n) is 3.77. The Labute approximate surface area is 190 Å². The van der Waals surface area contributed by atoms with E-state index in [0.29, 0.717) is 16.8 Å². The molecule has 33 heavy (non-hydrogen) atoms. The lowest BCUT2D eigenvalue weighted by atomic mass is 10.0. The first kappa shape index (κ1) is 24.8. The normalized spacial score (nSPS) is 12.5. The molecule has 0 bridgehead atoms. The standard InChI is InChI=1S/C23H26F3N3O3S/c1-15(2)21-16(3)28(4)29(22(21)30)19-8-10-20(11-9-19)33(31,32)27-13-12-17-6-5-7-18(14-17)23(24,25)26/h5-11,14-15,27H,12-13H2,1-4H3. The second-order valence-corrected chi connectivity index (χ2v) is 9.90. The van der Waals surface area contributed by atoms with Gasteiger partial charge in [0.2, 0.25) is 10.0 Å². The molecular weight excluding hydrogens is 455 g/mol. The average molecular weight is 482 g/mol. The lowest BCUT2D eigenvalue weighted by Crippen LogP contribution is -2.26. The highest BCUT2D eigenvalue weighted by Crippen LogP contribution is 2.29. The van der Waals surface area contributed by atoms with Crippen LogP contribution in [0.4, 0.5) is 13.2 Å². The van der Waals surface area contributed by atoms with Crippen LogP contribution in [0, 0.1) is 6.92 Å². The Kier molecular flexibility index (Phi) is 6.90. The van der Waals surface area contributed by atoms with Gasteiger partial charge in [-0.05, 0) is 55.2 Å². The zero-order valence-electron chi connectivity index (χ0n) is 18.8. The molecule has 3 rings (SSSR count). The number of halogens is 3. The Hall–Kier alpha value is -2.85. The number of sulfonamides is 1. The highest BCUT2D eigenvalue weighted by molar-refractivity contribution is 7.89. The number of benzene rings is 2. The van der Waals surface area contributed by atoms with Crippen molar-refractivity contribution in [3.8, 4) is 5.69 Å².